The van der Waals surface area contributed by atoms with Gasteiger partial charge in [0.05, 0.1) is 0 Å². The van der Waals surface area contributed by atoms with Crippen LogP contribution in [0.2, 0.25) is 0 Å². The molecule has 1 saturated carbocycles. The molecule has 1 nitrogen and oxygen atoms in total. The van der Waals surface area contributed by atoms with Crippen LogP contribution in [0.25, 0.3) is 10.9 Å². The van der Waals surface area contributed by atoms with Crippen molar-refractivity contribution in [3.8, 4) is 0 Å². The number of benzene rings is 1. The average Bonchev–Trinajstić information content (AvgIpc) is 2.83. The molecule has 3 rings (SSSR count). The molecule has 2 heteroatoms. The SMILES string of the molecule is ClC1CCC(c2c[nH]c3ccccc23)C1. The summed E-state index contributed by atoms with van der Waals surface area (Å²) in [6.45, 7) is 0. The topological polar surface area (TPSA) is 15.8 Å². The van der Waals surface area contributed by atoms with E-state index in [1.807, 2.05) is 0 Å². The van der Waals surface area contributed by atoms with Crippen molar-refractivity contribution < 1.29 is 0 Å². The van der Waals surface area contributed by atoms with Crippen LogP contribution in [-0.4, -0.2) is 10.4 Å². The van der Waals surface area contributed by atoms with Gasteiger partial charge in [-0.05, 0) is 36.8 Å². The second-order valence-corrected chi connectivity index (χ2v) is 5.01. The fourth-order valence-corrected chi connectivity index (χ4v) is 2.98. The minimum Gasteiger partial charge on any atom is -0.361 e. The van der Waals surface area contributed by atoms with Gasteiger partial charge in [-0.1, -0.05) is 18.2 Å². The number of hydrogen-bond acceptors (Lipinski definition) is 0. The van der Waals surface area contributed by atoms with E-state index < -0.39 is 0 Å². The van der Waals surface area contributed by atoms with Crippen LogP contribution in [0.1, 0.15) is 30.7 Å². The molecule has 15 heavy (non-hydrogen) atoms. The number of para-hydroxylation sites is 1. The first-order valence-corrected chi connectivity index (χ1v) is 5.98. The van der Waals surface area contributed by atoms with Crippen molar-refractivity contribution in [3.05, 3.63) is 36.0 Å². The number of rotatable bonds is 1. The summed E-state index contributed by atoms with van der Waals surface area (Å²) in [5, 5.41) is 1.75. The Balaban J connectivity index is 2.04. The molecule has 0 bridgehead atoms. The summed E-state index contributed by atoms with van der Waals surface area (Å²) in [4.78, 5) is 3.34. The number of hydrogen-bond donors (Lipinski definition) is 1. The molecular formula is C13H14ClN. The first kappa shape index (κ1) is 9.29. The van der Waals surface area contributed by atoms with Gasteiger partial charge in [0.2, 0.25) is 0 Å². The Hall–Kier alpha value is -0.950. The normalized spacial score (nSPS) is 26.2. The Morgan fingerprint density at radius 2 is 2.07 bits per heavy atom. The van der Waals surface area contributed by atoms with E-state index in [0.717, 1.165) is 12.8 Å². The van der Waals surface area contributed by atoms with Crippen molar-refractivity contribution in [2.45, 2.75) is 30.6 Å². The molecule has 2 atom stereocenters. The van der Waals surface area contributed by atoms with Crippen LogP contribution in [0.5, 0.6) is 0 Å². The number of H-pyrrole nitrogens is 1. The van der Waals surface area contributed by atoms with Crippen LogP contribution in [-0.2, 0) is 0 Å². The fraction of sp³-hybridized carbons (Fsp3) is 0.385. The monoisotopic (exact) mass is 219 g/mol. The Kier molecular flexibility index (Phi) is 2.21. The van der Waals surface area contributed by atoms with E-state index in [0.29, 0.717) is 11.3 Å². The first-order valence-electron chi connectivity index (χ1n) is 5.54. The van der Waals surface area contributed by atoms with Gasteiger partial charge in [0.15, 0.2) is 0 Å². The summed E-state index contributed by atoms with van der Waals surface area (Å²) in [6.07, 6.45) is 5.68. The molecule has 78 valence electrons. The molecule has 0 amide bonds. The number of nitrogens with one attached hydrogen (secondary N) is 1. The average molecular weight is 220 g/mol. The number of alkyl halides is 1. The summed E-state index contributed by atoms with van der Waals surface area (Å²) in [6, 6.07) is 8.50. The van der Waals surface area contributed by atoms with Crippen molar-refractivity contribution >= 4 is 22.5 Å². The molecule has 0 radical (unpaired) electrons. The Bertz CT molecular complexity index is 474. The smallest absolute Gasteiger partial charge is 0.0456 e. The van der Waals surface area contributed by atoms with Crippen molar-refractivity contribution in [2.75, 3.05) is 0 Å². The Morgan fingerprint density at radius 1 is 1.20 bits per heavy atom. The molecule has 1 aliphatic rings. The quantitative estimate of drug-likeness (QED) is 0.697. The van der Waals surface area contributed by atoms with E-state index in [-0.39, 0.29) is 0 Å². The highest BCUT2D eigenvalue weighted by Gasteiger charge is 2.25. The van der Waals surface area contributed by atoms with Gasteiger partial charge in [-0.15, -0.1) is 11.6 Å². The maximum atomic E-state index is 6.16. The van der Waals surface area contributed by atoms with Gasteiger partial charge < -0.3 is 4.98 Å². The van der Waals surface area contributed by atoms with Crippen LogP contribution < -0.4 is 0 Å². The zero-order chi connectivity index (χ0) is 10.3. The lowest BCUT2D eigenvalue weighted by Gasteiger charge is -2.07. The lowest BCUT2D eigenvalue weighted by atomic mass is 9.97. The largest absolute Gasteiger partial charge is 0.361 e. The molecule has 0 saturated heterocycles. The van der Waals surface area contributed by atoms with Gasteiger partial charge in [0.25, 0.3) is 0 Å². The molecule has 1 aliphatic carbocycles. The van der Waals surface area contributed by atoms with Crippen molar-refractivity contribution in [1.82, 2.24) is 4.98 Å². The summed E-state index contributed by atoms with van der Waals surface area (Å²) in [5.41, 5.74) is 2.69. The molecule has 1 aromatic carbocycles. The van der Waals surface area contributed by atoms with Gasteiger partial charge in [0.1, 0.15) is 0 Å². The molecule has 2 aromatic rings. The number of halogens is 1. The molecule has 1 heterocycles. The Labute approximate surface area is 94.4 Å². The van der Waals surface area contributed by atoms with Crippen LogP contribution in [0.15, 0.2) is 30.5 Å². The minimum atomic E-state index is 0.378. The van der Waals surface area contributed by atoms with Crippen molar-refractivity contribution in [1.29, 1.82) is 0 Å². The van der Waals surface area contributed by atoms with Crippen molar-refractivity contribution in [2.24, 2.45) is 0 Å². The maximum absolute atomic E-state index is 6.16. The van der Waals surface area contributed by atoms with Gasteiger partial charge in [-0.3, -0.25) is 0 Å². The highest BCUT2D eigenvalue weighted by atomic mass is 35.5. The number of aromatic amines is 1. The third-order valence-electron chi connectivity index (χ3n) is 3.43. The number of fused-ring (bicyclic) bond motifs is 1. The highest BCUT2D eigenvalue weighted by Crippen LogP contribution is 2.39. The van der Waals surface area contributed by atoms with Gasteiger partial charge in [-0.2, -0.15) is 0 Å². The molecular weight excluding hydrogens is 206 g/mol. The lowest BCUT2D eigenvalue weighted by Crippen LogP contribution is -1.93. The third-order valence-corrected chi connectivity index (χ3v) is 3.83. The van der Waals surface area contributed by atoms with E-state index >= 15 is 0 Å². The lowest BCUT2D eigenvalue weighted by molar-refractivity contribution is 0.730. The summed E-state index contributed by atoms with van der Waals surface area (Å²) >= 11 is 6.16. The second-order valence-electron chi connectivity index (χ2n) is 4.40. The van der Waals surface area contributed by atoms with E-state index in [9.17, 15) is 0 Å². The predicted molar refractivity (Wildman–Crippen MR) is 64.5 cm³/mol. The molecule has 1 aromatic heterocycles. The standard InChI is InChI=1S/C13H14ClN/c14-10-6-5-9(7-10)12-8-15-13-4-2-1-3-11(12)13/h1-4,8-10,15H,5-7H2. The number of aromatic nitrogens is 1. The first-order chi connectivity index (χ1) is 7.34. The second kappa shape index (κ2) is 3.57. The zero-order valence-corrected chi connectivity index (χ0v) is 9.30. The Morgan fingerprint density at radius 3 is 2.87 bits per heavy atom. The van der Waals surface area contributed by atoms with Gasteiger partial charge in [0, 0.05) is 22.5 Å². The van der Waals surface area contributed by atoms with Gasteiger partial charge in [-0.25, -0.2) is 0 Å². The summed E-state index contributed by atoms with van der Waals surface area (Å²) < 4.78 is 0. The summed E-state index contributed by atoms with van der Waals surface area (Å²) in [7, 11) is 0. The summed E-state index contributed by atoms with van der Waals surface area (Å²) in [5.74, 6) is 0.656. The fourth-order valence-electron chi connectivity index (χ4n) is 2.64. The third kappa shape index (κ3) is 1.55. The molecule has 1 N–H and O–H groups in total. The molecule has 2 unspecified atom stereocenters. The van der Waals surface area contributed by atoms with Crippen LogP contribution in [0.4, 0.5) is 0 Å². The van der Waals surface area contributed by atoms with Gasteiger partial charge >= 0.3 is 0 Å². The minimum absolute atomic E-state index is 0.378. The molecule has 1 fully saturated rings. The van der Waals surface area contributed by atoms with Crippen LogP contribution in [0.3, 0.4) is 0 Å². The molecule has 0 aliphatic heterocycles. The van der Waals surface area contributed by atoms with E-state index in [1.165, 1.54) is 22.9 Å². The van der Waals surface area contributed by atoms with Crippen LogP contribution in [0, 0.1) is 0 Å². The zero-order valence-electron chi connectivity index (χ0n) is 8.54. The molecule has 0 spiro atoms. The highest BCUT2D eigenvalue weighted by molar-refractivity contribution is 6.20. The van der Waals surface area contributed by atoms with E-state index in [2.05, 4.69) is 35.4 Å². The van der Waals surface area contributed by atoms with E-state index in [1.54, 1.807) is 0 Å². The predicted octanol–water partition coefficient (Wildman–Crippen LogP) is 4.04. The van der Waals surface area contributed by atoms with Crippen molar-refractivity contribution in [3.63, 3.8) is 0 Å². The van der Waals surface area contributed by atoms with E-state index in [4.69, 9.17) is 11.6 Å². The maximum Gasteiger partial charge on any atom is 0.0456 e. The van der Waals surface area contributed by atoms with Crippen LogP contribution >= 0.6 is 11.6 Å².